The third-order valence-electron chi connectivity index (χ3n) is 5.55. The van der Waals surface area contributed by atoms with Crippen LogP contribution in [-0.4, -0.2) is 36.6 Å². The highest BCUT2D eigenvalue weighted by Crippen LogP contribution is 2.17. The maximum absolute atomic E-state index is 13.4. The molecule has 4 aromatic rings. The molecule has 0 aliphatic carbocycles. The molecular weight excluding hydrogens is 448 g/mol. The molecule has 2 aromatic carbocycles. The van der Waals surface area contributed by atoms with Gasteiger partial charge in [0.05, 0.1) is 10.9 Å². The summed E-state index contributed by atoms with van der Waals surface area (Å²) < 4.78 is 3.71. The molecule has 0 bridgehead atoms. The minimum absolute atomic E-state index is 0.0790. The summed E-state index contributed by atoms with van der Waals surface area (Å²) in [7, 11) is 0. The second kappa shape index (κ2) is 9.21. The zero-order valence-corrected chi connectivity index (χ0v) is 20.3. The summed E-state index contributed by atoms with van der Waals surface area (Å²) >= 11 is 0. The van der Waals surface area contributed by atoms with Crippen LogP contribution in [0.15, 0.2) is 52.1 Å². The molecule has 0 aliphatic rings. The summed E-state index contributed by atoms with van der Waals surface area (Å²) in [4.78, 5) is 51.9. The lowest BCUT2D eigenvalue weighted by Crippen LogP contribution is -2.31. The van der Waals surface area contributed by atoms with Crippen LogP contribution >= 0.6 is 0 Å². The van der Waals surface area contributed by atoms with Gasteiger partial charge in [-0.1, -0.05) is 17.7 Å². The first-order valence-electron chi connectivity index (χ1n) is 11.4. The number of nitrogens with zero attached hydrogens (tertiary/aromatic N) is 4. The van der Waals surface area contributed by atoms with E-state index in [1.54, 1.807) is 24.3 Å². The van der Waals surface area contributed by atoms with Gasteiger partial charge in [-0.25, -0.2) is 13.9 Å². The predicted octanol–water partition coefficient (Wildman–Crippen LogP) is 2.48. The van der Waals surface area contributed by atoms with Crippen molar-refractivity contribution in [2.24, 2.45) is 0 Å². The molecule has 2 heterocycles. The molecule has 35 heavy (non-hydrogen) atoms. The first-order chi connectivity index (χ1) is 16.6. The fraction of sp³-hybridized carbons (Fsp3) is 0.320. The van der Waals surface area contributed by atoms with E-state index >= 15 is 0 Å². The first-order valence-corrected chi connectivity index (χ1v) is 11.4. The second-order valence-electron chi connectivity index (χ2n) is 9.12. The lowest BCUT2D eigenvalue weighted by atomic mass is 10.1. The fourth-order valence-corrected chi connectivity index (χ4v) is 3.91. The average molecular weight is 477 g/mol. The van der Waals surface area contributed by atoms with Crippen LogP contribution in [-0.2, 0) is 11.3 Å². The van der Waals surface area contributed by atoms with E-state index in [4.69, 9.17) is 0 Å². The van der Waals surface area contributed by atoms with Crippen molar-refractivity contribution in [3.8, 4) is 0 Å². The Kier molecular flexibility index (Phi) is 6.29. The quantitative estimate of drug-likeness (QED) is 0.443. The van der Waals surface area contributed by atoms with Crippen molar-refractivity contribution >= 4 is 34.2 Å². The number of fused-ring (bicyclic) bond motifs is 3. The normalized spacial score (nSPS) is 11.5. The van der Waals surface area contributed by atoms with Crippen molar-refractivity contribution < 1.29 is 9.59 Å². The number of nitrogens with one attached hydrogen (secondary N) is 2. The SMILES string of the molecule is Cc1ccc(NC(=O)Cn2nc3n(C(C)C)c(=O)c4ccc(C(=O)NC(C)C)cc4n3c2=O)cc1. The Hall–Kier alpha value is -4.21. The van der Waals surface area contributed by atoms with E-state index in [0.29, 0.717) is 11.3 Å². The molecule has 4 rings (SSSR count). The van der Waals surface area contributed by atoms with E-state index in [9.17, 15) is 19.2 Å². The molecule has 182 valence electrons. The topological polar surface area (TPSA) is 120 Å². The van der Waals surface area contributed by atoms with Gasteiger partial charge in [-0.2, -0.15) is 0 Å². The Morgan fingerprint density at radius 3 is 2.31 bits per heavy atom. The molecule has 0 saturated carbocycles. The number of amides is 2. The maximum Gasteiger partial charge on any atom is 0.352 e. The molecule has 0 saturated heterocycles. The zero-order valence-electron chi connectivity index (χ0n) is 20.3. The van der Waals surface area contributed by atoms with E-state index in [-0.39, 0.29) is 46.8 Å². The van der Waals surface area contributed by atoms with E-state index in [2.05, 4.69) is 15.7 Å². The van der Waals surface area contributed by atoms with Gasteiger partial charge in [0.2, 0.25) is 11.7 Å². The monoisotopic (exact) mass is 476 g/mol. The van der Waals surface area contributed by atoms with Crippen molar-refractivity contribution in [3.05, 3.63) is 74.4 Å². The number of anilines is 1. The number of carbonyl (C=O) groups excluding carboxylic acids is 2. The minimum atomic E-state index is -0.583. The van der Waals surface area contributed by atoms with Crippen LogP contribution in [0, 0.1) is 6.92 Å². The van der Waals surface area contributed by atoms with Crippen LogP contribution in [0.1, 0.15) is 49.7 Å². The van der Waals surface area contributed by atoms with Gasteiger partial charge in [0.25, 0.3) is 11.5 Å². The van der Waals surface area contributed by atoms with Crippen molar-refractivity contribution in [1.82, 2.24) is 24.1 Å². The van der Waals surface area contributed by atoms with Gasteiger partial charge < -0.3 is 10.6 Å². The van der Waals surface area contributed by atoms with Gasteiger partial charge in [-0.3, -0.25) is 19.0 Å². The molecule has 0 spiro atoms. The molecule has 0 unspecified atom stereocenters. The van der Waals surface area contributed by atoms with E-state index in [0.717, 1.165) is 10.2 Å². The molecule has 10 nitrogen and oxygen atoms in total. The molecule has 0 fully saturated rings. The standard InChI is InChI=1S/C25H28N6O4/c1-14(2)26-22(33)17-8-11-19-20(12-17)31-24(30(15(3)4)23(19)34)28-29(25(31)35)13-21(32)27-18-9-6-16(5)7-10-18/h6-12,14-15H,13H2,1-5H3,(H,26,33)(H,27,32). The van der Waals surface area contributed by atoms with Gasteiger partial charge in [-0.15, -0.1) is 5.10 Å². The van der Waals surface area contributed by atoms with E-state index in [1.165, 1.54) is 15.0 Å². The molecule has 10 heteroatoms. The Labute approximate surface area is 201 Å². The number of hydrogen-bond donors (Lipinski definition) is 2. The average Bonchev–Trinajstić information content (AvgIpc) is 3.09. The molecule has 2 aromatic heterocycles. The predicted molar refractivity (Wildman–Crippen MR) is 134 cm³/mol. The van der Waals surface area contributed by atoms with Crippen LogP contribution in [0.25, 0.3) is 16.7 Å². The summed E-state index contributed by atoms with van der Waals surface area (Å²) in [6.45, 7) is 8.91. The van der Waals surface area contributed by atoms with Gasteiger partial charge >= 0.3 is 5.69 Å². The van der Waals surface area contributed by atoms with Gasteiger partial charge in [0.15, 0.2) is 0 Å². The minimum Gasteiger partial charge on any atom is -0.350 e. The van der Waals surface area contributed by atoms with Crippen molar-refractivity contribution in [2.45, 2.75) is 53.2 Å². The second-order valence-corrected chi connectivity index (χ2v) is 9.12. The van der Waals surface area contributed by atoms with E-state index in [1.807, 2.05) is 46.8 Å². The van der Waals surface area contributed by atoms with Crippen LogP contribution in [0.4, 0.5) is 5.69 Å². The zero-order chi connectivity index (χ0) is 25.4. The van der Waals surface area contributed by atoms with Crippen molar-refractivity contribution in [2.75, 3.05) is 5.32 Å². The lowest BCUT2D eigenvalue weighted by molar-refractivity contribution is -0.117. The Bertz CT molecular complexity index is 1560. The maximum atomic E-state index is 13.4. The lowest BCUT2D eigenvalue weighted by Gasteiger charge is -2.13. The summed E-state index contributed by atoms with van der Waals surface area (Å²) in [5, 5.41) is 10.2. The highest BCUT2D eigenvalue weighted by atomic mass is 16.2. The van der Waals surface area contributed by atoms with Crippen molar-refractivity contribution in [1.29, 1.82) is 0 Å². The fourth-order valence-electron chi connectivity index (χ4n) is 3.91. The van der Waals surface area contributed by atoms with Crippen molar-refractivity contribution in [3.63, 3.8) is 0 Å². The Balaban J connectivity index is 1.84. The summed E-state index contributed by atoms with van der Waals surface area (Å²) in [6.07, 6.45) is 0. The Morgan fingerprint density at radius 1 is 1.00 bits per heavy atom. The van der Waals surface area contributed by atoms with Crippen LogP contribution < -0.4 is 21.9 Å². The Morgan fingerprint density at radius 2 is 1.69 bits per heavy atom. The molecule has 0 aliphatic heterocycles. The molecule has 2 N–H and O–H groups in total. The molecule has 2 amide bonds. The molecule has 0 radical (unpaired) electrons. The third-order valence-corrected chi connectivity index (χ3v) is 5.55. The van der Waals surface area contributed by atoms with Gasteiger partial charge in [-0.05, 0) is 65.0 Å². The number of hydrogen-bond acceptors (Lipinski definition) is 5. The van der Waals surface area contributed by atoms with Gasteiger partial charge in [0, 0.05) is 23.3 Å². The highest BCUT2D eigenvalue weighted by Gasteiger charge is 2.21. The molecule has 0 atom stereocenters. The van der Waals surface area contributed by atoms with Crippen LogP contribution in [0.2, 0.25) is 0 Å². The summed E-state index contributed by atoms with van der Waals surface area (Å²) in [5.41, 5.74) is 1.31. The van der Waals surface area contributed by atoms with Crippen LogP contribution in [0.3, 0.4) is 0 Å². The largest absolute Gasteiger partial charge is 0.352 e. The number of aryl methyl sites for hydroxylation is 1. The third kappa shape index (κ3) is 4.59. The number of benzene rings is 2. The number of rotatable bonds is 6. The summed E-state index contributed by atoms with van der Waals surface area (Å²) in [6, 6.07) is 11.5. The highest BCUT2D eigenvalue weighted by molar-refractivity contribution is 5.98. The van der Waals surface area contributed by atoms with E-state index < -0.39 is 11.6 Å². The molecular formula is C25H28N6O4. The first kappa shape index (κ1) is 23.9. The summed E-state index contributed by atoms with van der Waals surface area (Å²) in [5.74, 6) is -0.646. The van der Waals surface area contributed by atoms with Crippen LogP contribution in [0.5, 0.6) is 0 Å². The number of aromatic nitrogens is 4. The number of carbonyl (C=O) groups is 2. The van der Waals surface area contributed by atoms with Gasteiger partial charge in [0.1, 0.15) is 6.54 Å². The smallest absolute Gasteiger partial charge is 0.350 e.